The fraction of sp³-hybridized carbons (Fsp3) is 0.481. The Hall–Kier alpha value is -0.369. The van der Waals surface area contributed by atoms with Crippen molar-refractivity contribution in [1.29, 1.82) is 0 Å². The van der Waals surface area contributed by atoms with Gasteiger partial charge in [0, 0.05) is 38.9 Å². The Morgan fingerprint density at radius 1 is 0.413 bits per heavy atom. The van der Waals surface area contributed by atoms with E-state index in [1.807, 2.05) is 23.5 Å². The molecular weight excluding hydrogens is 1120 g/mol. The molecule has 0 amide bonds. The molecule has 63 heavy (non-hydrogen) atoms. The highest BCUT2D eigenvalue weighted by Gasteiger charge is 2.49. The van der Waals surface area contributed by atoms with Gasteiger partial charge in [-0.25, -0.2) is 0 Å². The lowest BCUT2D eigenvalue weighted by Crippen LogP contribution is -2.38. The second kappa shape index (κ2) is 30.9. The Balaban J connectivity index is 1.74. The molecular formula is C54H74Br4S2Si3. The fourth-order valence-corrected chi connectivity index (χ4v) is 30.3. The molecule has 1 aliphatic heterocycles. The third-order valence-electron chi connectivity index (χ3n) is 13.9. The first-order chi connectivity index (χ1) is 31.1. The molecule has 0 bridgehead atoms. The van der Waals surface area contributed by atoms with Crippen LogP contribution < -0.4 is 0 Å². The van der Waals surface area contributed by atoms with E-state index in [9.17, 15) is 0 Å². The Morgan fingerprint density at radius 3 is 1.06 bits per heavy atom. The first-order valence-electron chi connectivity index (χ1n) is 24.0. The summed E-state index contributed by atoms with van der Waals surface area (Å²) >= 11 is 19.6. The predicted octanol–water partition coefficient (Wildman–Crippen LogP) is 18.2. The van der Waals surface area contributed by atoms with Crippen LogP contribution in [-0.4, -0.2) is 71.0 Å². The third kappa shape index (κ3) is 15.8. The van der Waals surface area contributed by atoms with Gasteiger partial charge in [-0.2, -0.15) is 23.5 Å². The van der Waals surface area contributed by atoms with Gasteiger partial charge in [-0.1, -0.05) is 235 Å². The lowest BCUT2D eigenvalue weighted by Gasteiger charge is -2.37. The van der Waals surface area contributed by atoms with Crippen LogP contribution in [0.2, 0.25) is 47.3 Å². The molecule has 9 heteroatoms. The Labute approximate surface area is 430 Å². The number of hydrogen-bond acceptors (Lipinski definition) is 2. The maximum atomic E-state index is 3.94. The molecule has 0 saturated heterocycles. The van der Waals surface area contributed by atoms with Crippen LogP contribution in [0.3, 0.4) is 0 Å². The fourth-order valence-electron chi connectivity index (χ4n) is 11.1. The zero-order valence-electron chi connectivity index (χ0n) is 38.2. The van der Waals surface area contributed by atoms with Crippen molar-refractivity contribution in [3.8, 4) is 0 Å². The van der Waals surface area contributed by atoms with Gasteiger partial charge in [-0.05, 0) is 130 Å². The highest BCUT2D eigenvalue weighted by Crippen LogP contribution is 2.59. The molecule has 0 N–H and O–H groups in total. The second-order valence-corrected chi connectivity index (χ2v) is 34.3. The minimum absolute atomic E-state index is 0.914. The number of allylic oxidation sites excluding steroid dienone is 2. The van der Waals surface area contributed by atoms with Crippen molar-refractivity contribution in [2.45, 2.75) is 112 Å². The summed E-state index contributed by atoms with van der Waals surface area (Å²) in [5, 5.41) is 7.98. The number of alkyl halides is 4. The summed E-state index contributed by atoms with van der Waals surface area (Å²) < 4.78 is 0. The van der Waals surface area contributed by atoms with Crippen molar-refractivity contribution in [2.75, 3.05) is 45.3 Å². The largest absolute Gasteiger partial charge is 0.165 e. The first-order valence-corrected chi connectivity index (χ1v) is 38.3. The highest BCUT2D eigenvalue weighted by atomic mass is 79.9. The van der Waals surface area contributed by atoms with Gasteiger partial charge in [-0.15, -0.1) is 0 Å². The maximum Gasteiger partial charge on any atom is 0.121 e. The van der Waals surface area contributed by atoms with Gasteiger partial charge in [0.1, 0.15) is 8.07 Å². The van der Waals surface area contributed by atoms with Crippen molar-refractivity contribution in [1.82, 2.24) is 0 Å². The Kier molecular flexibility index (Phi) is 26.3. The van der Waals surface area contributed by atoms with E-state index >= 15 is 0 Å². The minimum Gasteiger partial charge on any atom is -0.165 e. The number of hydrogen-bond donors (Lipinski definition) is 0. The average Bonchev–Trinajstić information content (AvgIpc) is 3.62. The van der Waals surface area contributed by atoms with E-state index in [0.717, 1.165) is 32.4 Å². The van der Waals surface area contributed by atoms with E-state index in [1.54, 1.807) is 10.4 Å². The monoisotopic (exact) mass is 1190 g/mol. The number of halogens is 4. The summed E-state index contributed by atoms with van der Waals surface area (Å²) in [5.41, 5.74) is 10.6. The smallest absolute Gasteiger partial charge is 0.121 e. The predicted molar refractivity (Wildman–Crippen MR) is 314 cm³/mol. The summed E-state index contributed by atoms with van der Waals surface area (Å²) in [6, 6.07) is 55.5. The van der Waals surface area contributed by atoms with Crippen molar-refractivity contribution in [3.63, 3.8) is 0 Å². The van der Waals surface area contributed by atoms with Gasteiger partial charge < -0.3 is 0 Å². The van der Waals surface area contributed by atoms with E-state index in [4.69, 9.17) is 0 Å². The molecule has 0 radical (unpaired) electrons. The van der Waals surface area contributed by atoms with Crippen LogP contribution in [0, 0.1) is 0 Å². The standard InChI is InChI=1S/C54H74Br4S2Si3/c1-59-37-17-39-61(49(31-35-57)29-15-33-55)41-19-43-63(44-20-42-62(40-18-38-60-2)50(32-36-58)30-16-34-56)53(47-25-11-5-12-26-47)51(45-21-7-3-8-22-45)52(46-23-9-4-10-24-46)54(63)48-27-13-6-14-28-48/h3-14,21-28,49-50,61-62H,15-20,29-44H2,1-2H3. The molecule has 0 spiro atoms. The molecule has 4 unspecified atom stereocenters. The van der Waals surface area contributed by atoms with Crippen LogP contribution in [0.15, 0.2) is 121 Å². The molecule has 1 heterocycles. The first kappa shape index (κ1) is 53.6. The van der Waals surface area contributed by atoms with Crippen LogP contribution in [0.4, 0.5) is 0 Å². The lowest BCUT2D eigenvalue weighted by atomic mass is 9.89. The number of benzene rings is 4. The zero-order chi connectivity index (χ0) is 44.5. The topological polar surface area (TPSA) is 0 Å². The quantitative estimate of drug-likeness (QED) is 0.0272. The molecule has 1 aliphatic rings. The lowest BCUT2D eigenvalue weighted by molar-refractivity contribution is 0.685. The van der Waals surface area contributed by atoms with Crippen LogP contribution in [-0.2, 0) is 0 Å². The van der Waals surface area contributed by atoms with Gasteiger partial charge in [-0.3, -0.25) is 0 Å². The van der Waals surface area contributed by atoms with E-state index in [1.165, 1.54) is 145 Å². The van der Waals surface area contributed by atoms with Gasteiger partial charge in [0.2, 0.25) is 0 Å². The Bertz CT molecular complexity index is 1760. The van der Waals surface area contributed by atoms with E-state index < -0.39 is 25.7 Å². The third-order valence-corrected chi connectivity index (χ3v) is 31.3. The highest BCUT2D eigenvalue weighted by molar-refractivity contribution is 9.09. The van der Waals surface area contributed by atoms with E-state index in [2.05, 4.69) is 198 Å². The maximum absolute atomic E-state index is 3.94. The normalized spacial score (nSPS) is 15.8. The summed E-state index contributed by atoms with van der Waals surface area (Å²) in [6.45, 7) is 0. The second-order valence-electron chi connectivity index (χ2n) is 17.8. The van der Waals surface area contributed by atoms with Crippen molar-refractivity contribution in [2.24, 2.45) is 0 Å². The minimum atomic E-state index is -2.47. The molecule has 4 aromatic carbocycles. The molecule has 0 aromatic heterocycles. The molecule has 4 atom stereocenters. The van der Waals surface area contributed by atoms with Gasteiger partial charge >= 0.3 is 0 Å². The van der Waals surface area contributed by atoms with Gasteiger partial charge in [0.05, 0.1) is 0 Å². The molecule has 0 saturated carbocycles. The van der Waals surface area contributed by atoms with Gasteiger partial charge in [0.15, 0.2) is 0 Å². The SMILES string of the molecule is CSCCC[SiH](CCC[Si]1(CCC[SiH](CCCSC)C(CCBr)CCCBr)C(c2ccccc2)=C(c2ccccc2)C(c2ccccc2)=C1c1ccccc1)C(CCBr)CCCBr. The van der Waals surface area contributed by atoms with E-state index in [-0.39, 0.29) is 0 Å². The molecule has 0 nitrogen and oxygen atoms in total. The molecule has 0 aliphatic carbocycles. The van der Waals surface area contributed by atoms with Crippen LogP contribution >= 0.6 is 87.2 Å². The van der Waals surface area contributed by atoms with Crippen LogP contribution in [0.25, 0.3) is 21.5 Å². The summed E-state index contributed by atoms with van der Waals surface area (Å²) in [6.07, 6.45) is 18.2. The van der Waals surface area contributed by atoms with Crippen LogP contribution in [0.1, 0.15) is 86.5 Å². The van der Waals surface area contributed by atoms with Gasteiger partial charge in [0.25, 0.3) is 0 Å². The molecule has 4 aromatic rings. The summed E-state index contributed by atoms with van der Waals surface area (Å²) in [5.74, 6) is 2.61. The van der Waals surface area contributed by atoms with Crippen molar-refractivity contribution < 1.29 is 0 Å². The van der Waals surface area contributed by atoms with Crippen molar-refractivity contribution in [3.05, 3.63) is 144 Å². The molecule has 0 fully saturated rings. The van der Waals surface area contributed by atoms with Crippen molar-refractivity contribution >= 4 is 134 Å². The molecule has 5 rings (SSSR count). The molecule has 342 valence electrons. The number of thioether (sulfide) groups is 2. The summed E-state index contributed by atoms with van der Waals surface area (Å²) in [7, 11) is -4.53. The van der Waals surface area contributed by atoms with E-state index in [0.29, 0.717) is 0 Å². The average molecular weight is 1190 g/mol. The zero-order valence-corrected chi connectivity index (χ0v) is 49.5. The number of rotatable bonds is 32. The van der Waals surface area contributed by atoms with Crippen LogP contribution in [0.5, 0.6) is 0 Å². The Morgan fingerprint density at radius 2 is 0.746 bits per heavy atom. The summed E-state index contributed by atoms with van der Waals surface area (Å²) in [4.78, 5) is 0.